The van der Waals surface area contributed by atoms with Crippen molar-refractivity contribution in [1.82, 2.24) is 25.1 Å². The molecule has 33 heavy (non-hydrogen) atoms. The Bertz CT molecular complexity index is 1350. The van der Waals surface area contributed by atoms with Crippen molar-refractivity contribution in [3.05, 3.63) is 53.6 Å². The predicted molar refractivity (Wildman–Crippen MR) is 129 cm³/mol. The number of aromatic nitrogens is 5. The first-order chi connectivity index (χ1) is 16.2. The third-order valence-corrected chi connectivity index (χ3v) is 7.35. The average Bonchev–Trinajstić information content (AvgIpc) is 3.45. The lowest BCUT2D eigenvalue weighted by Gasteiger charge is -2.28. The molecule has 168 valence electrons. The smallest absolute Gasteiger partial charge is 0.243 e. The van der Waals surface area contributed by atoms with E-state index in [0.717, 1.165) is 73.1 Å². The zero-order valence-electron chi connectivity index (χ0n) is 19.1. The van der Waals surface area contributed by atoms with Gasteiger partial charge in [0.05, 0.1) is 23.0 Å². The number of carbonyl (C=O) groups is 1. The van der Waals surface area contributed by atoms with Crippen LogP contribution < -0.4 is 4.90 Å². The van der Waals surface area contributed by atoms with Crippen LogP contribution in [0.15, 0.2) is 36.9 Å². The summed E-state index contributed by atoms with van der Waals surface area (Å²) in [5.41, 5.74) is 7.27. The number of anilines is 2. The van der Waals surface area contributed by atoms with E-state index >= 15 is 0 Å². The first kappa shape index (κ1) is 20.1. The number of carbonyl (C=O) groups excluding carboxylic acids is 1. The lowest BCUT2D eigenvalue weighted by atomic mass is 9.74. The standard InChI is InChI=1S/C26H28N6O/c1-3-8-26(9-4-2)19-13-20-18(12-21(19)32(25(26)33)22-15-27-10-11-28-22)17-7-5-6-16-14-29-31-23(16)24(17)30-20/h10-15,30H,3-9H2,1-2H3,(H,29,31). The number of nitrogens with one attached hydrogen (secondary N) is 2. The molecule has 0 unspecified atom stereocenters. The summed E-state index contributed by atoms with van der Waals surface area (Å²) < 4.78 is 0. The first-order valence-electron chi connectivity index (χ1n) is 12.0. The Balaban J connectivity index is 1.63. The Morgan fingerprint density at radius 1 is 1.12 bits per heavy atom. The number of amides is 1. The maximum Gasteiger partial charge on any atom is 0.243 e. The van der Waals surface area contributed by atoms with Gasteiger partial charge in [-0.3, -0.25) is 19.8 Å². The molecule has 1 aromatic carbocycles. The summed E-state index contributed by atoms with van der Waals surface area (Å²) in [7, 11) is 0. The van der Waals surface area contributed by atoms with Crippen molar-refractivity contribution in [1.29, 1.82) is 0 Å². The van der Waals surface area contributed by atoms with E-state index in [9.17, 15) is 4.79 Å². The Morgan fingerprint density at radius 3 is 2.73 bits per heavy atom. The van der Waals surface area contributed by atoms with Gasteiger partial charge in [0.1, 0.15) is 5.69 Å². The molecule has 0 fully saturated rings. The molecule has 7 heteroatoms. The van der Waals surface area contributed by atoms with Gasteiger partial charge in [0.2, 0.25) is 5.91 Å². The van der Waals surface area contributed by atoms with Crippen molar-refractivity contribution in [3.8, 4) is 11.4 Å². The van der Waals surface area contributed by atoms with Gasteiger partial charge in [-0.05, 0) is 60.9 Å². The number of hydrogen-bond acceptors (Lipinski definition) is 4. The molecule has 0 radical (unpaired) electrons. The van der Waals surface area contributed by atoms with Gasteiger partial charge in [0.25, 0.3) is 0 Å². The molecule has 2 N–H and O–H groups in total. The zero-order valence-corrected chi connectivity index (χ0v) is 19.1. The maximum atomic E-state index is 14.1. The fourth-order valence-corrected chi connectivity index (χ4v) is 6.03. The Labute approximate surface area is 192 Å². The summed E-state index contributed by atoms with van der Waals surface area (Å²) in [6.07, 6.45) is 13.6. The van der Waals surface area contributed by atoms with Gasteiger partial charge in [0, 0.05) is 29.5 Å². The second-order valence-electron chi connectivity index (χ2n) is 9.29. The largest absolute Gasteiger partial charge is 0.353 e. The molecule has 1 amide bonds. The van der Waals surface area contributed by atoms with Crippen molar-refractivity contribution < 1.29 is 4.79 Å². The molecule has 4 heterocycles. The highest BCUT2D eigenvalue weighted by atomic mass is 16.2. The zero-order chi connectivity index (χ0) is 22.6. The topological polar surface area (TPSA) is 90.6 Å². The van der Waals surface area contributed by atoms with Gasteiger partial charge >= 0.3 is 0 Å². The summed E-state index contributed by atoms with van der Waals surface area (Å²) >= 11 is 0. The molecule has 0 atom stereocenters. The monoisotopic (exact) mass is 440 g/mol. The Kier molecular flexibility index (Phi) is 4.60. The van der Waals surface area contributed by atoms with Crippen LogP contribution in [0.3, 0.4) is 0 Å². The van der Waals surface area contributed by atoms with E-state index in [-0.39, 0.29) is 5.91 Å². The van der Waals surface area contributed by atoms with Crippen molar-refractivity contribution >= 4 is 28.3 Å². The van der Waals surface area contributed by atoms with Crippen LogP contribution in [0.2, 0.25) is 0 Å². The van der Waals surface area contributed by atoms with Crippen LogP contribution in [-0.2, 0) is 23.1 Å². The van der Waals surface area contributed by atoms with Crippen molar-refractivity contribution in [3.63, 3.8) is 0 Å². The van der Waals surface area contributed by atoms with E-state index in [2.05, 4.69) is 51.1 Å². The van der Waals surface area contributed by atoms with Crippen LogP contribution in [0.25, 0.3) is 22.3 Å². The molecular formula is C26H28N6O. The van der Waals surface area contributed by atoms with Gasteiger partial charge in [-0.25, -0.2) is 4.98 Å². The van der Waals surface area contributed by atoms with Gasteiger partial charge in [-0.15, -0.1) is 0 Å². The summed E-state index contributed by atoms with van der Waals surface area (Å²) in [5, 5.41) is 8.77. The number of nitrogens with zero attached hydrogens (tertiary/aromatic N) is 4. The van der Waals surface area contributed by atoms with Crippen LogP contribution >= 0.6 is 0 Å². The van der Waals surface area contributed by atoms with Gasteiger partial charge in [-0.2, -0.15) is 5.10 Å². The average molecular weight is 441 g/mol. The Hall–Kier alpha value is -3.48. The third-order valence-electron chi connectivity index (χ3n) is 7.35. The van der Waals surface area contributed by atoms with E-state index in [1.54, 1.807) is 18.6 Å². The minimum absolute atomic E-state index is 0.120. The summed E-state index contributed by atoms with van der Waals surface area (Å²) in [6.45, 7) is 4.31. The molecule has 7 nitrogen and oxygen atoms in total. The minimum atomic E-state index is -0.537. The van der Waals surface area contributed by atoms with Crippen molar-refractivity contribution in [2.75, 3.05) is 4.90 Å². The normalized spacial score (nSPS) is 16.5. The van der Waals surface area contributed by atoms with Crippen LogP contribution in [0.4, 0.5) is 11.5 Å². The number of fused-ring (bicyclic) bond motifs is 6. The minimum Gasteiger partial charge on any atom is -0.353 e. The predicted octanol–water partition coefficient (Wildman–Crippen LogP) is 5.35. The molecule has 1 aliphatic carbocycles. The molecule has 2 aliphatic rings. The number of benzene rings is 1. The van der Waals surface area contributed by atoms with Crippen molar-refractivity contribution in [2.45, 2.75) is 64.2 Å². The third kappa shape index (κ3) is 2.81. The second-order valence-corrected chi connectivity index (χ2v) is 9.29. The number of aromatic amines is 2. The SMILES string of the molecule is CCCC1(CCC)C(=O)N(c2cnccn2)c2cc3c4c([nH]c3cc21)-c1n[nH]cc1CCC4. The lowest BCUT2D eigenvalue weighted by Crippen LogP contribution is -2.38. The number of hydrogen-bond donors (Lipinski definition) is 2. The molecule has 0 saturated heterocycles. The summed E-state index contributed by atoms with van der Waals surface area (Å²) in [6, 6.07) is 4.43. The quantitative estimate of drug-likeness (QED) is 0.437. The number of H-pyrrole nitrogens is 2. The molecule has 0 bridgehead atoms. The summed E-state index contributed by atoms with van der Waals surface area (Å²) in [5.74, 6) is 0.712. The van der Waals surface area contributed by atoms with Crippen LogP contribution in [0.5, 0.6) is 0 Å². The van der Waals surface area contributed by atoms with Crippen molar-refractivity contribution in [2.24, 2.45) is 0 Å². The molecular weight excluding hydrogens is 412 g/mol. The molecule has 1 aliphatic heterocycles. The number of aryl methyl sites for hydroxylation is 2. The molecule has 3 aromatic heterocycles. The fraction of sp³-hybridized carbons (Fsp3) is 0.385. The molecule has 4 aromatic rings. The van der Waals surface area contributed by atoms with Crippen LogP contribution in [-0.4, -0.2) is 31.1 Å². The molecule has 0 saturated carbocycles. The fourth-order valence-electron chi connectivity index (χ4n) is 6.03. The highest BCUT2D eigenvalue weighted by Crippen LogP contribution is 2.52. The van der Waals surface area contributed by atoms with Gasteiger partial charge in [0.15, 0.2) is 5.82 Å². The van der Waals surface area contributed by atoms with Crippen LogP contribution in [0.1, 0.15) is 62.6 Å². The van der Waals surface area contributed by atoms with Crippen LogP contribution in [0, 0.1) is 0 Å². The Morgan fingerprint density at radius 2 is 1.97 bits per heavy atom. The van der Waals surface area contributed by atoms with Gasteiger partial charge < -0.3 is 4.98 Å². The highest BCUT2D eigenvalue weighted by Gasteiger charge is 2.50. The first-order valence-corrected chi connectivity index (χ1v) is 12.0. The highest BCUT2D eigenvalue weighted by molar-refractivity contribution is 6.14. The van der Waals surface area contributed by atoms with E-state index < -0.39 is 5.41 Å². The van der Waals surface area contributed by atoms with E-state index in [1.165, 1.54) is 16.5 Å². The second kappa shape index (κ2) is 7.54. The maximum absolute atomic E-state index is 14.1. The number of rotatable bonds is 5. The molecule has 6 rings (SSSR count). The summed E-state index contributed by atoms with van der Waals surface area (Å²) in [4.78, 5) is 28.3. The van der Waals surface area contributed by atoms with E-state index in [1.807, 2.05) is 11.1 Å². The van der Waals surface area contributed by atoms with E-state index in [0.29, 0.717) is 5.82 Å². The molecule has 0 spiro atoms. The lowest BCUT2D eigenvalue weighted by molar-refractivity contribution is -0.123. The van der Waals surface area contributed by atoms with Gasteiger partial charge in [-0.1, -0.05) is 26.7 Å². The van der Waals surface area contributed by atoms with E-state index in [4.69, 9.17) is 0 Å².